The van der Waals surface area contributed by atoms with Crippen molar-refractivity contribution >= 4 is 22.8 Å². The Bertz CT molecular complexity index is 835. The van der Waals surface area contributed by atoms with Gasteiger partial charge >= 0.3 is 5.69 Å². The molecule has 2 amide bonds. The van der Waals surface area contributed by atoms with Crippen LogP contribution in [0.5, 0.6) is 0 Å². The highest BCUT2D eigenvalue weighted by Crippen LogP contribution is 2.13. The van der Waals surface area contributed by atoms with E-state index in [9.17, 15) is 14.4 Å². The number of para-hydroxylation sites is 2. The zero-order chi connectivity index (χ0) is 19.3. The Hall–Kier alpha value is -2.57. The van der Waals surface area contributed by atoms with Crippen molar-refractivity contribution in [1.82, 2.24) is 19.4 Å². The summed E-state index contributed by atoms with van der Waals surface area (Å²) in [7, 11) is 0. The number of hydrogen-bond acceptors (Lipinski definition) is 3. The van der Waals surface area contributed by atoms with E-state index in [4.69, 9.17) is 0 Å². The minimum Gasteiger partial charge on any atom is -0.352 e. The van der Waals surface area contributed by atoms with E-state index >= 15 is 0 Å². The lowest BCUT2D eigenvalue weighted by molar-refractivity contribution is -0.136. The molecule has 0 unspecified atom stereocenters. The van der Waals surface area contributed by atoms with Gasteiger partial charge in [0.15, 0.2) is 0 Å². The standard InChI is InChI=1S/C19H28N4O3/c1-5-21(13-17(24)20-14(3)4)18(25)11-12-23-16-10-8-7-9-15(16)22(6-2)19(23)26/h7-10,14H,5-6,11-13H2,1-4H3,(H,20,24). The van der Waals surface area contributed by atoms with Crippen molar-refractivity contribution in [2.24, 2.45) is 0 Å². The summed E-state index contributed by atoms with van der Waals surface area (Å²) < 4.78 is 3.34. The average molecular weight is 360 g/mol. The lowest BCUT2D eigenvalue weighted by atomic mass is 10.3. The van der Waals surface area contributed by atoms with Crippen LogP contribution in [0.4, 0.5) is 0 Å². The number of rotatable bonds is 8. The zero-order valence-electron chi connectivity index (χ0n) is 16.0. The van der Waals surface area contributed by atoms with E-state index in [1.807, 2.05) is 52.0 Å². The van der Waals surface area contributed by atoms with E-state index < -0.39 is 0 Å². The van der Waals surface area contributed by atoms with Gasteiger partial charge in [-0.25, -0.2) is 4.79 Å². The normalized spacial score (nSPS) is 11.1. The molecule has 0 aliphatic rings. The summed E-state index contributed by atoms with van der Waals surface area (Å²) in [6.45, 7) is 8.91. The Balaban J connectivity index is 2.11. The van der Waals surface area contributed by atoms with Gasteiger partial charge in [0.25, 0.3) is 0 Å². The predicted octanol–water partition coefficient (Wildman–Crippen LogP) is 1.59. The van der Waals surface area contributed by atoms with Gasteiger partial charge in [0.1, 0.15) is 0 Å². The lowest BCUT2D eigenvalue weighted by Gasteiger charge is -2.21. The Morgan fingerprint density at radius 1 is 1.12 bits per heavy atom. The highest BCUT2D eigenvalue weighted by atomic mass is 16.2. The molecule has 0 atom stereocenters. The van der Waals surface area contributed by atoms with Gasteiger partial charge in [-0.1, -0.05) is 12.1 Å². The number of hydrogen-bond donors (Lipinski definition) is 1. The fourth-order valence-corrected chi connectivity index (χ4v) is 3.08. The molecule has 7 heteroatoms. The molecule has 2 rings (SSSR count). The molecule has 0 fully saturated rings. The second-order valence-corrected chi connectivity index (χ2v) is 6.55. The highest BCUT2D eigenvalue weighted by Gasteiger charge is 2.18. The van der Waals surface area contributed by atoms with E-state index in [0.29, 0.717) is 19.6 Å². The molecule has 0 saturated carbocycles. The Labute approximate surface area is 153 Å². The molecule has 0 saturated heterocycles. The maximum absolute atomic E-state index is 12.6. The smallest absolute Gasteiger partial charge is 0.329 e. The first kappa shape index (κ1) is 19.8. The number of fused-ring (bicyclic) bond motifs is 1. The first-order chi connectivity index (χ1) is 12.4. The minimum absolute atomic E-state index is 0.0371. The maximum Gasteiger partial charge on any atom is 0.329 e. The number of carbonyl (C=O) groups excluding carboxylic acids is 2. The van der Waals surface area contributed by atoms with Gasteiger partial charge in [-0.2, -0.15) is 0 Å². The minimum atomic E-state index is -0.171. The highest BCUT2D eigenvalue weighted by molar-refractivity contribution is 5.85. The Kier molecular flexibility index (Phi) is 6.60. The van der Waals surface area contributed by atoms with E-state index in [1.54, 1.807) is 9.13 Å². The molecular formula is C19H28N4O3. The lowest BCUT2D eigenvalue weighted by Crippen LogP contribution is -2.43. The Morgan fingerprint density at radius 3 is 2.27 bits per heavy atom. The van der Waals surface area contributed by atoms with E-state index in [2.05, 4.69) is 5.32 Å². The van der Waals surface area contributed by atoms with Gasteiger partial charge in [-0.3, -0.25) is 18.7 Å². The molecule has 26 heavy (non-hydrogen) atoms. The Morgan fingerprint density at radius 2 is 1.73 bits per heavy atom. The SMILES string of the molecule is CCN(CC(=O)NC(C)C)C(=O)CCn1c(=O)n(CC)c2ccccc21. The number of aromatic nitrogens is 2. The fraction of sp³-hybridized carbons (Fsp3) is 0.526. The van der Waals surface area contributed by atoms with Crippen molar-refractivity contribution in [2.45, 2.75) is 53.2 Å². The third-order valence-corrected chi connectivity index (χ3v) is 4.31. The predicted molar refractivity (Wildman–Crippen MR) is 102 cm³/mol. The van der Waals surface area contributed by atoms with Crippen LogP contribution in [0.15, 0.2) is 29.1 Å². The third-order valence-electron chi connectivity index (χ3n) is 4.31. The van der Waals surface area contributed by atoms with Crippen LogP contribution < -0.4 is 11.0 Å². The molecule has 1 aromatic heterocycles. The van der Waals surface area contributed by atoms with Crippen LogP contribution in [0.2, 0.25) is 0 Å². The molecule has 0 spiro atoms. The molecule has 2 aromatic rings. The number of aryl methyl sites for hydroxylation is 2. The van der Waals surface area contributed by atoms with Crippen molar-refractivity contribution in [2.75, 3.05) is 13.1 Å². The van der Waals surface area contributed by atoms with Crippen LogP contribution >= 0.6 is 0 Å². The van der Waals surface area contributed by atoms with Gasteiger partial charge in [0.2, 0.25) is 11.8 Å². The quantitative estimate of drug-likeness (QED) is 0.777. The maximum atomic E-state index is 12.6. The fourth-order valence-electron chi connectivity index (χ4n) is 3.08. The summed E-state index contributed by atoms with van der Waals surface area (Å²) in [5, 5.41) is 2.79. The molecule has 0 aliphatic carbocycles. The summed E-state index contributed by atoms with van der Waals surface area (Å²) in [4.78, 5) is 38.5. The molecule has 1 aromatic carbocycles. The topological polar surface area (TPSA) is 76.3 Å². The summed E-state index contributed by atoms with van der Waals surface area (Å²) in [5.74, 6) is -0.304. The average Bonchev–Trinajstić information content (AvgIpc) is 2.87. The second kappa shape index (κ2) is 8.69. The number of carbonyl (C=O) groups is 2. The van der Waals surface area contributed by atoms with Crippen molar-refractivity contribution in [3.05, 3.63) is 34.7 Å². The van der Waals surface area contributed by atoms with Crippen molar-refractivity contribution in [3.63, 3.8) is 0 Å². The number of nitrogens with one attached hydrogen (secondary N) is 1. The van der Waals surface area contributed by atoms with Crippen molar-refractivity contribution in [3.8, 4) is 0 Å². The van der Waals surface area contributed by atoms with Gasteiger partial charge in [0.05, 0.1) is 17.6 Å². The third kappa shape index (κ3) is 4.33. The van der Waals surface area contributed by atoms with Gasteiger partial charge in [0, 0.05) is 32.1 Å². The molecule has 0 radical (unpaired) electrons. The molecular weight excluding hydrogens is 332 g/mol. The van der Waals surface area contributed by atoms with Crippen LogP contribution in [0.3, 0.4) is 0 Å². The zero-order valence-corrected chi connectivity index (χ0v) is 16.0. The number of nitrogens with zero attached hydrogens (tertiary/aromatic N) is 3. The molecule has 1 N–H and O–H groups in total. The summed E-state index contributed by atoms with van der Waals surface area (Å²) in [6.07, 6.45) is 0.181. The van der Waals surface area contributed by atoms with Gasteiger partial charge in [-0.05, 0) is 39.8 Å². The summed E-state index contributed by atoms with van der Waals surface area (Å²) in [6, 6.07) is 7.62. The van der Waals surface area contributed by atoms with E-state index in [-0.39, 0.29) is 36.5 Å². The first-order valence-electron chi connectivity index (χ1n) is 9.14. The van der Waals surface area contributed by atoms with Gasteiger partial charge in [-0.15, -0.1) is 0 Å². The number of imidazole rings is 1. The van der Waals surface area contributed by atoms with Crippen molar-refractivity contribution in [1.29, 1.82) is 0 Å². The van der Waals surface area contributed by atoms with Crippen LogP contribution in [0.25, 0.3) is 11.0 Å². The van der Waals surface area contributed by atoms with Crippen LogP contribution in [-0.2, 0) is 22.7 Å². The second-order valence-electron chi connectivity index (χ2n) is 6.55. The van der Waals surface area contributed by atoms with Crippen LogP contribution in [0.1, 0.15) is 34.1 Å². The monoisotopic (exact) mass is 360 g/mol. The van der Waals surface area contributed by atoms with Gasteiger partial charge < -0.3 is 10.2 Å². The van der Waals surface area contributed by atoms with E-state index in [1.165, 1.54) is 4.90 Å². The molecule has 0 aliphatic heterocycles. The molecule has 1 heterocycles. The largest absolute Gasteiger partial charge is 0.352 e. The molecule has 142 valence electrons. The number of likely N-dealkylation sites (N-methyl/N-ethyl adjacent to an activating group) is 1. The van der Waals surface area contributed by atoms with Crippen LogP contribution in [0, 0.1) is 0 Å². The van der Waals surface area contributed by atoms with Crippen LogP contribution in [-0.4, -0.2) is 45.0 Å². The summed E-state index contributed by atoms with van der Waals surface area (Å²) >= 11 is 0. The summed E-state index contributed by atoms with van der Waals surface area (Å²) in [5.41, 5.74) is 1.59. The number of benzene rings is 1. The number of amides is 2. The molecule has 7 nitrogen and oxygen atoms in total. The van der Waals surface area contributed by atoms with Crippen molar-refractivity contribution < 1.29 is 9.59 Å². The first-order valence-corrected chi connectivity index (χ1v) is 9.14. The van der Waals surface area contributed by atoms with E-state index in [0.717, 1.165) is 11.0 Å². The molecule has 0 bridgehead atoms.